The molecule has 1 atom stereocenters. The smallest absolute Gasteiger partial charge is 0.270 e. The van der Waals surface area contributed by atoms with E-state index in [1.54, 1.807) is 0 Å². The lowest BCUT2D eigenvalue weighted by molar-refractivity contribution is 0.0497. The summed E-state index contributed by atoms with van der Waals surface area (Å²) in [6, 6.07) is 4.38. The number of aromatic nitrogens is 1. The molecule has 0 unspecified atom stereocenters. The molecule has 1 amide bonds. The number of hydrogen-bond acceptors (Lipinski definition) is 3. The fourth-order valence-corrected chi connectivity index (χ4v) is 3.75. The van der Waals surface area contributed by atoms with E-state index in [9.17, 15) is 4.79 Å². The van der Waals surface area contributed by atoms with Crippen LogP contribution in [0.3, 0.4) is 0 Å². The van der Waals surface area contributed by atoms with Gasteiger partial charge in [-0.25, -0.2) is 0 Å². The topological polar surface area (TPSA) is 42.6 Å². The number of carbonyl (C=O) groups is 1. The minimum Gasteiger partial charge on any atom is -0.357 e. The highest BCUT2D eigenvalue weighted by atomic mass is 16.2. The second-order valence-corrected chi connectivity index (χ2v) is 6.79. The van der Waals surface area contributed by atoms with Crippen molar-refractivity contribution < 1.29 is 4.79 Å². The van der Waals surface area contributed by atoms with Crippen LogP contribution in [0.2, 0.25) is 0 Å². The van der Waals surface area contributed by atoms with Gasteiger partial charge in [-0.15, -0.1) is 0 Å². The fourth-order valence-electron chi connectivity index (χ4n) is 3.75. The number of H-pyrrole nitrogens is 1. The number of hydrogen-bond donors (Lipinski definition) is 1. The minimum atomic E-state index is 0.149. The molecule has 5 nitrogen and oxygen atoms in total. The number of rotatable bonds is 3. The summed E-state index contributed by atoms with van der Waals surface area (Å²) < 4.78 is 0. The third-order valence-corrected chi connectivity index (χ3v) is 5.45. The zero-order chi connectivity index (χ0) is 15.5. The predicted molar refractivity (Wildman–Crippen MR) is 88.0 cm³/mol. The fraction of sp³-hybridized carbons (Fsp3) is 0.706. The van der Waals surface area contributed by atoms with Gasteiger partial charge in [0.25, 0.3) is 5.91 Å². The van der Waals surface area contributed by atoms with Gasteiger partial charge < -0.3 is 14.8 Å². The number of aromatic amines is 1. The SMILES string of the molecule is C[C@@H](C1CCN(C(=O)c2ccc[nH]2)CC1)N1CCN(C)CC1. The second kappa shape index (κ2) is 6.84. The Kier molecular flexibility index (Phi) is 4.84. The number of piperazine rings is 1. The van der Waals surface area contributed by atoms with E-state index in [1.807, 2.05) is 23.2 Å². The van der Waals surface area contributed by atoms with Gasteiger partial charge in [-0.1, -0.05) is 0 Å². The van der Waals surface area contributed by atoms with Crippen molar-refractivity contribution in [1.82, 2.24) is 19.7 Å². The standard InChI is InChI=1S/C17H28N4O/c1-14(20-12-10-19(2)11-13-20)15-5-8-21(9-6-15)17(22)16-4-3-7-18-16/h3-4,7,14-15,18H,5-6,8-13H2,1-2H3/t14-/m0/s1. The van der Waals surface area contributed by atoms with E-state index >= 15 is 0 Å². The summed E-state index contributed by atoms with van der Waals surface area (Å²) >= 11 is 0. The van der Waals surface area contributed by atoms with Crippen molar-refractivity contribution in [2.75, 3.05) is 46.3 Å². The van der Waals surface area contributed by atoms with Gasteiger partial charge in [0.2, 0.25) is 0 Å². The van der Waals surface area contributed by atoms with Gasteiger partial charge in [0.05, 0.1) is 0 Å². The molecule has 2 fully saturated rings. The molecule has 5 heteroatoms. The summed E-state index contributed by atoms with van der Waals surface area (Å²) in [5, 5.41) is 0. The molecule has 1 aromatic rings. The van der Waals surface area contributed by atoms with Crippen LogP contribution in [0, 0.1) is 5.92 Å². The lowest BCUT2D eigenvalue weighted by Gasteiger charge is -2.42. The molecule has 3 heterocycles. The number of amides is 1. The van der Waals surface area contributed by atoms with Crippen molar-refractivity contribution >= 4 is 5.91 Å². The van der Waals surface area contributed by atoms with Crippen LogP contribution in [0.15, 0.2) is 18.3 Å². The van der Waals surface area contributed by atoms with Gasteiger partial charge in [0.1, 0.15) is 5.69 Å². The van der Waals surface area contributed by atoms with Gasteiger partial charge in [-0.3, -0.25) is 9.69 Å². The van der Waals surface area contributed by atoms with Gasteiger partial charge in [0, 0.05) is 51.5 Å². The zero-order valence-corrected chi connectivity index (χ0v) is 13.8. The van der Waals surface area contributed by atoms with Crippen LogP contribution in [-0.2, 0) is 0 Å². The molecule has 2 aliphatic rings. The highest BCUT2D eigenvalue weighted by molar-refractivity contribution is 5.92. The predicted octanol–water partition coefficient (Wildman–Crippen LogP) is 1.50. The first-order chi connectivity index (χ1) is 10.6. The van der Waals surface area contributed by atoms with Gasteiger partial charge in [0.15, 0.2) is 0 Å². The molecule has 0 spiro atoms. The van der Waals surface area contributed by atoms with Crippen LogP contribution < -0.4 is 0 Å². The number of nitrogens with one attached hydrogen (secondary N) is 1. The first kappa shape index (κ1) is 15.6. The highest BCUT2D eigenvalue weighted by Gasteiger charge is 2.30. The van der Waals surface area contributed by atoms with E-state index in [1.165, 1.54) is 26.2 Å². The zero-order valence-electron chi connectivity index (χ0n) is 13.8. The highest BCUT2D eigenvalue weighted by Crippen LogP contribution is 2.25. The lowest BCUT2D eigenvalue weighted by Crippen LogP contribution is -2.52. The molecule has 0 saturated carbocycles. The molecule has 122 valence electrons. The quantitative estimate of drug-likeness (QED) is 0.920. The van der Waals surface area contributed by atoms with Gasteiger partial charge in [-0.05, 0) is 44.9 Å². The van der Waals surface area contributed by atoms with E-state index in [2.05, 4.69) is 28.8 Å². The van der Waals surface area contributed by atoms with Crippen LogP contribution in [0.5, 0.6) is 0 Å². The Hall–Kier alpha value is -1.33. The Morgan fingerprint density at radius 2 is 1.86 bits per heavy atom. The van der Waals surface area contributed by atoms with Crippen molar-refractivity contribution in [2.45, 2.75) is 25.8 Å². The Labute approximate surface area is 133 Å². The summed E-state index contributed by atoms with van der Waals surface area (Å²) in [5.74, 6) is 0.867. The maximum atomic E-state index is 12.4. The average Bonchev–Trinajstić information content (AvgIpc) is 3.09. The molecule has 0 bridgehead atoms. The molecule has 0 aromatic carbocycles. The Morgan fingerprint density at radius 3 is 2.45 bits per heavy atom. The molecule has 3 rings (SSSR count). The first-order valence-electron chi connectivity index (χ1n) is 8.50. The maximum Gasteiger partial charge on any atom is 0.270 e. The Morgan fingerprint density at radius 1 is 1.18 bits per heavy atom. The van der Waals surface area contributed by atoms with E-state index in [0.717, 1.165) is 31.8 Å². The molecule has 1 N–H and O–H groups in total. The summed E-state index contributed by atoms with van der Waals surface area (Å²) in [6.45, 7) is 8.86. The normalized spacial score (nSPS) is 23.6. The summed E-state index contributed by atoms with van der Waals surface area (Å²) in [7, 11) is 2.20. The summed E-state index contributed by atoms with van der Waals surface area (Å²) in [4.78, 5) is 22.4. The Balaban J connectivity index is 1.50. The van der Waals surface area contributed by atoms with E-state index in [4.69, 9.17) is 0 Å². The molecule has 0 aliphatic carbocycles. The summed E-state index contributed by atoms with van der Waals surface area (Å²) in [6.07, 6.45) is 4.06. The van der Waals surface area contributed by atoms with Crippen LogP contribution in [0.25, 0.3) is 0 Å². The van der Waals surface area contributed by atoms with Crippen molar-refractivity contribution in [3.8, 4) is 0 Å². The van der Waals surface area contributed by atoms with Crippen LogP contribution >= 0.6 is 0 Å². The van der Waals surface area contributed by atoms with Crippen LogP contribution in [-0.4, -0.2) is 77.9 Å². The molecule has 0 radical (unpaired) electrons. The number of nitrogens with zero attached hydrogens (tertiary/aromatic N) is 3. The van der Waals surface area contributed by atoms with E-state index in [-0.39, 0.29) is 5.91 Å². The monoisotopic (exact) mass is 304 g/mol. The van der Waals surface area contributed by atoms with Crippen LogP contribution in [0.1, 0.15) is 30.3 Å². The number of carbonyl (C=O) groups excluding carboxylic acids is 1. The minimum absolute atomic E-state index is 0.149. The Bertz CT molecular complexity index is 471. The van der Waals surface area contributed by atoms with Crippen molar-refractivity contribution in [3.05, 3.63) is 24.0 Å². The molecule has 2 aliphatic heterocycles. The third kappa shape index (κ3) is 3.36. The summed E-state index contributed by atoms with van der Waals surface area (Å²) in [5.41, 5.74) is 0.713. The molecule has 2 saturated heterocycles. The lowest BCUT2D eigenvalue weighted by atomic mass is 9.89. The second-order valence-electron chi connectivity index (χ2n) is 6.79. The van der Waals surface area contributed by atoms with E-state index < -0.39 is 0 Å². The van der Waals surface area contributed by atoms with Crippen LogP contribution in [0.4, 0.5) is 0 Å². The molecular weight excluding hydrogens is 276 g/mol. The molecule has 22 heavy (non-hydrogen) atoms. The van der Waals surface area contributed by atoms with Crippen molar-refractivity contribution in [2.24, 2.45) is 5.92 Å². The average molecular weight is 304 g/mol. The largest absolute Gasteiger partial charge is 0.357 e. The number of likely N-dealkylation sites (tertiary alicyclic amines) is 1. The van der Waals surface area contributed by atoms with Gasteiger partial charge >= 0.3 is 0 Å². The van der Waals surface area contributed by atoms with Gasteiger partial charge in [-0.2, -0.15) is 0 Å². The maximum absolute atomic E-state index is 12.4. The van der Waals surface area contributed by atoms with Crippen molar-refractivity contribution in [1.29, 1.82) is 0 Å². The number of piperidine rings is 1. The number of likely N-dealkylation sites (N-methyl/N-ethyl adjacent to an activating group) is 1. The molecule has 1 aromatic heterocycles. The van der Waals surface area contributed by atoms with E-state index in [0.29, 0.717) is 11.7 Å². The third-order valence-electron chi connectivity index (χ3n) is 5.45. The van der Waals surface area contributed by atoms with Crippen molar-refractivity contribution in [3.63, 3.8) is 0 Å². The first-order valence-corrected chi connectivity index (χ1v) is 8.50. The molecular formula is C17H28N4O.